The third-order valence-electron chi connectivity index (χ3n) is 3.33. The first-order valence-corrected chi connectivity index (χ1v) is 6.65. The first-order valence-electron chi connectivity index (χ1n) is 6.65. The van der Waals surface area contributed by atoms with Crippen LogP contribution in [0.2, 0.25) is 0 Å². The maximum absolute atomic E-state index is 4.11. The molecule has 0 aliphatic carbocycles. The zero-order valence-electron chi connectivity index (χ0n) is 12.4. The summed E-state index contributed by atoms with van der Waals surface area (Å²) in [7, 11) is 0. The lowest BCUT2D eigenvalue weighted by Crippen LogP contribution is -2.12. The number of benzene rings is 1. The van der Waals surface area contributed by atoms with Crippen molar-refractivity contribution in [1.29, 1.82) is 0 Å². The lowest BCUT2D eigenvalue weighted by atomic mass is 9.95. The Labute approximate surface area is 112 Å². The fourth-order valence-electron chi connectivity index (χ4n) is 1.86. The molecule has 1 N–H and O–H groups in total. The molecular weight excluding hydrogens is 218 g/mol. The quantitative estimate of drug-likeness (QED) is 0.785. The van der Waals surface area contributed by atoms with Crippen LogP contribution in [0.3, 0.4) is 0 Å². The molecule has 0 spiro atoms. The van der Waals surface area contributed by atoms with Crippen LogP contribution in [-0.4, -0.2) is 6.54 Å². The van der Waals surface area contributed by atoms with E-state index in [-0.39, 0.29) is 0 Å². The van der Waals surface area contributed by atoms with Crippen LogP contribution in [0.5, 0.6) is 0 Å². The lowest BCUT2D eigenvalue weighted by molar-refractivity contribution is 0.825. The summed E-state index contributed by atoms with van der Waals surface area (Å²) < 4.78 is 0. The molecule has 0 saturated heterocycles. The van der Waals surface area contributed by atoms with Gasteiger partial charge in [0.05, 0.1) is 0 Å². The largest absolute Gasteiger partial charge is 0.385 e. The van der Waals surface area contributed by atoms with Gasteiger partial charge in [-0.25, -0.2) is 0 Å². The van der Waals surface area contributed by atoms with E-state index in [2.05, 4.69) is 64.7 Å². The van der Waals surface area contributed by atoms with E-state index in [1.165, 1.54) is 27.8 Å². The maximum atomic E-state index is 4.11. The molecule has 98 valence electrons. The van der Waals surface area contributed by atoms with Gasteiger partial charge in [0.15, 0.2) is 0 Å². The molecule has 18 heavy (non-hydrogen) atoms. The summed E-state index contributed by atoms with van der Waals surface area (Å²) in [6, 6.07) is 6.56. The maximum Gasteiger partial charge on any atom is 0.0340 e. The second kappa shape index (κ2) is 6.44. The Balaban J connectivity index is 3.09. The van der Waals surface area contributed by atoms with E-state index in [1.807, 2.05) is 0 Å². The van der Waals surface area contributed by atoms with Gasteiger partial charge in [0.2, 0.25) is 0 Å². The highest BCUT2D eigenvalue weighted by molar-refractivity contribution is 5.73. The summed E-state index contributed by atoms with van der Waals surface area (Å²) in [6.07, 6.45) is 1.12. The van der Waals surface area contributed by atoms with E-state index in [0.717, 1.165) is 18.7 Å². The van der Waals surface area contributed by atoms with Gasteiger partial charge < -0.3 is 5.32 Å². The minimum Gasteiger partial charge on any atom is -0.385 e. The lowest BCUT2D eigenvalue weighted by Gasteiger charge is -2.13. The molecule has 0 aliphatic heterocycles. The Morgan fingerprint density at radius 1 is 1.22 bits per heavy atom. The molecule has 0 aliphatic rings. The van der Waals surface area contributed by atoms with E-state index < -0.39 is 0 Å². The van der Waals surface area contributed by atoms with E-state index in [9.17, 15) is 0 Å². The minimum atomic E-state index is 0.976. The summed E-state index contributed by atoms with van der Waals surface area (Å²) in [5.74, 6) is 0. The molecule has 1 rings (SSSR count). The Hall–Kier alpha value is -1.50. The van der Waals surface area contributed by atoms with Crippen LogP contribution >= 0.6 is 0 Å². The highest BCUT2D eigenvalue weighted by Gasteiger charge is 2.05. The third kappa shape index (κ3) is 3.49. The van der Waals surface area contributed by atoms with Gasteiger partial charge in [0.1, 0.15) is 0 Å². The number of hydrogen-bond acceptors (Lipinski definition) is 1. The predicted octanol–water partition coefficient (Wildman–Crippen LogP) is 4.78. The number of hydrogen-bond donors (Lipinski definition) is 1. The van der Waals surface area contributed by atoms with E-state index >= 15 is 0 Å². The standard InChI is InChI=1S/C17H25N/c1-7-10-18-15(6)16-9-8-13(4)17(11-16)14(5)12(2)3/h8-9,11,18H,6-7,10H2,1-5H3. The fraction of sp³-hybridized carbons (Fsp3) is 0.412. The van der Waals surface area contributed by atoms with Crippen molar-refractivity contribution in [3.05, 3.63) is 47.0 Å². The summed E-state index contributed by atoms with van der Waals surface area (Å²) in [5.41, 5.74) is 7.57. The van der Waals surface area contributed by atoms with Gasteiger partial charge in [-0.1, -0.05) is 31.2 Å². The summed E-state index contributed by atoms with van der Waals surface area (Å²) in [6.45, 7) is 15.9. The van der Waals surface area contributed by atoms with Gasteiger partial charge in [0.25, 0.3) is 0 Å². The van der Waals surface area contributed by atoms with Crippen LogP contribution in [0.15, 0.2) is 30.4 Å². The first-order chi connectivity index (χ1) is 8.47. The Morgan fingerprint density at radius 3 is 2.44 bits per heavy atom. The van der Waals surface area contributed by atoms with E-state index in [1.54, 1.807) is 0 Å². The number of aryl methyl sites for hydroxylation is 1. The van der Waals surface area contributed by atoms with Crippen molar-refractivity contribution in [1.82, 2.24) is 5.32 Å². The Kier molecular flexibility index (Phi) is 5.21. The normalized spacial score (nSPS) is 10.1. The van der Waals surface area contributed by atoms with Crippen LogP contribution < -0.4 is 5.32 Å². The third-order valence-corrected chi connectivity index (χ3v) is 3.33. The van der Waals surface area contributed by atoms with Gasteiger partial charge in [0, 0.05) is 12.2 Å². The summed E-state index contributed by atoms with van der Waals surface area (Å²) in [4.78, 5) is 0. The Bertz CT molecular complexity index is 462. The molecule has 0 aromatic heterocycles. The molecule has 0 amide bonds. The van der Waals surface area contributed by atoms with Crippen molar-refractivity contribution in [2.24, 2.45) is 0 Å². The average molecular weight is 243 g/mol. The van der Waals surface area contributed by atoms with Crippen molar-refractivity contribution in [2.45, 2.75) is 41.0 Å². The summed E-state index contributed by atoms with van der Waals surface area (Å²) in [5, 5.41) is 3.35. The number of nitrogens with one attached hydrogen (secondary N) is 1. The van der Waals surface area contributed by atoms with Gasteiger partial charge in [-0.05, 0) is 62.4 Å². The highest BCUT2D eigenvalue weighted by atomic mass is 14.9. The topological polar surface area (TPSA) is 12.0 Å². The van der Waals surface area contributed by atoms with Crippen molar-refractivity contribution in [2.75, 3.05) is 6.54 Å². The first kappa shape index (κ1) is 14.6. The van der Waals surface area contributed by atoms with E-state index in [4.69, 9.17) is 0 Å². The molecule has 1 heteroatoms. The monoisotopic (exact) mass is 243 g/mol. The molecule has 0 heterocycles. The molecule has 0 radical (unpaired) electrons. The molecule has 1 nitrogen and oxygen atoms in total. The minimum absolute atomic E-state index is 0.976. The molecule has 0 bridgehead atoms. The number of allylic oxidation sites excluding steroid dienone is 2. The van der Waals surface area contributed by atoms with Crippen molar-refractivity contribution < 1.29 is 0 Å². The van der Waals surface area contributed by atoms with Gasteiger partial charge in [-0.3, -0.25) is 0 Å². The highest BCUT2D eigenvalue weighted by Crippen LogP contribution is 2.24. The van der Waals surface area contributed by atoms with Crippen molar-refractivity contribution in [3.8, 4) is 0 Å². The van der Waals surface area contributed by atoms with Crippen LogP contribution in [0.25, 0.3) is 11.3 Å². The molecule has 1 aromatic carbocycles. The molecule has 0 fully saturated rings. The zero-order chi connectivity index (χ0) is 13.7. The molecule has 0 saturated carbocycles. The van der Waals surface area contributed by atoms with Gasteiger partial charge in [-0.15, -0.1) is 0 Å². The van der Waals surface area contributed by atoms with Crippen LogP contribution in [0.4, 0.5) is 0 Å². The number of rotatable bonds is 5. The Morgan fingerprint density at radius 2 is 1.89 bits per heavy atom. The fourth-order valence-corrected chi connectivity index (χ4v) is 1.86. The molecule has 1 aromatic rings. The van der Waals surface area contributed by atoms with Crippen molar-refractivity contribution in [3.63, 3.8) is 0 Å². The van der Waals surface area contributed by atoms with Crippen LogP contribution in [0, 0.1) is 6.92 Å². The zero-order valence-corrected chi connectivity index (χ0v) is 12.4. The smallest absolute Gasteiger partial charge is 0.0340 e. The summed E-state index contributed by atoms with van der Waals surface area (Å²) >= 11 is 0. The molecule has 0 unspecified atom stereocenters. The van der Waals surface area contributed by atoms with Gasteiger partial charge in [-0.2, -0.15) is 0 Å². The van der Waals surface area contributed by atoms with Gasteiger partial charge >= 0.3 is 0 Å². The average Bonchev–Trinajstić information content (AvgIpc) is 2.35. The van der Waals surface area contributed by atoms with Crippen LogP contribution in [-0.2, 0) is 0 Å². The predicted molar refractivity (Wildman–Crippen MR) is 82.4 cm³/mol. The van der Waals surface area contributed by atoms with Crippen molar-refractivity contribution >= 4 is 11.3 Å². The molecular formula is C17H25N. The molecule has 0 atom stereocenters. The van der Waals surface area contributed by atoms with Crippen LogP contribution in [0.1, 0.15) is 50.8 Å². The van der Waals surface area contributed by atoms with E-state index in [0.29, 0.717) is 0 Å². The SMILES string of the molecule is C=C(NCCC)c1ccc(C)c(C(C)=C(C)C)c1. The second-order valence-corrected chi connectivity index (χ2v) is 5.06. The second-order valence-electron chi connectivity index (χ2n) is 5.06.